The third-order valence-corrected chi connectivity index (χ3v) is 4.51. The summed E-state index contributed by atoms with van der Waals surface area (Å²) >= 11 is 3.29. The van der Waals surface area contributed by atoms with Gasteiger partial charge in [-0.1, -0.05) is 6.07 Å². The number of hydrogen-bond acceptors (Lipinski definition) is 6. The molecular formula is C15H14BrN5O5. The number of aryl methyl sites for hydroxylation is 1. The topological polar surface area (TPSA) is 114 Å². The quantitative estimate of drug-likeness (QED) is 0.345. The van der Waals surface area contributed by atoms with Gasteiger partial charge in [0.2, 0.25) is 0 Å². The lowest BCUT2D eigenvalue weighted by atomic mass is 10.3. The zero-order valence-corrected chi connectivity index (χ0v) is 15.5. The summed E-state index contributed by atoms with van der Waals surface area (Å²) < 4.78 is 9.90. The highest BCUT2D eigenvalue weighted by molar-refractivity contribution is 9.10. The first-order valence-electron chi connectivity index (χ1n) is 7.50. The van der Waals surface area contributed by atoms with E-state index in [0.717, 1.165) is 4.57 Å². The van der Waals surface area contributed by atoms with Gasteiger partial charge < -0.3 is 9.30 Å². The molecule has 136 valence electrons. The lowest BCUT2D eigenvalue weighted by Crippen LogP contribution is -2.37. The summed E-state index contributed by atoms with van der Waals surface area (Å²) in [4.78, 5) is 38.8. The van der Waals surface area contributed by atoms with Crippen molar-refractivity contribution >= 4 is 32.8 Å². The van der Waals surface area contributed by atoms with E-state index in [0.29, 0.717) is 16.1 Å². The molecule has 0 saturated heterocycles. The smallest absolute Gasteiger partial charge is 0.332 e. The van der Waals surface area contributed by atoms with Crippen LogP contribution in [-0.2, 0) is 20.6 Å². The lowest BCUT2D eigenvalue weighted by molar-refractivity contribution is -0.384. The Morgan fingerprint density at radius 2 is 2.00 bits per heavy atom. The fourth-order valence-corrected chi connectivity index (χ4v) is 3.12. The molecule has 0 radical (unpaired) electrons. The van der Waals surface area contributed by atoms with Crippen LogP contribution in [0.5, 0.6) is 5.75 Å². The van der Waals surface area contributed by atoms with Crippen LogP contribution in [0.1, 0.15) is 0 Å². The van der Waals surface area contributed by atoms with Gasteiger partial charge in [-0.3, -0.25) is 24.0 Å². The Bertz CT molecular complexity index is 1130. The fourth-order valence-electron chi connectivity index (χ4n) is 2.60. The minimum absolute atomic E-state index is 0.0670. The Morgan fingerprint density at radius 1 is 1.27 bits per heavy atom. The number of benzene rings is 1. The monoisotopic (exact) mass is 423 g/mol. The SMILES string of the molecule is Cn1c(=O)c2nc(Br)n(CCOc3cccc([N+](=O)[O-])c3)c2n(C)c1=O. The van der Waals surface area contributed by atoms with Gasteiger partial charge in [0, 0.05) is 20.2 Å². The van der Waals surface area contributed by atoms with Crippen LogP contribution in [0.4, 0.5) is 5.69 Å². The highest BCUT2D eigenvalue weighted by Gasteiger charge is 2.17. The van der Waals surface area contributed by atoms with Gasteiger partial charge in [-0.2, -0.15) is 0 Å². The van der Waals surface area contributed by atoms with Crippen LogP contribution in [0.3, 0.4) is 0 Å². The zero-order chi connectivity index (χ0) is 19.0. The Hall–Kier alpha value is -2.95. The third kappa shape index (κ3) is 3.01. The highest BCUT2D eigenvalue weighted by Crippen LogP contribution is 2.20. The maximum absolute atomic E-state index is 12.2. The predicted molar refractivity (Wildman–Crippen MR) is 96.5 cm³/mol. The van der Waals surface area contributed by atoms with E-state index in [1.54, 1.807) is 17.7 Å². The Kier molecular flexibility index (Phi) is 4.64. The number of fused-ring (bicyclic) bond motifs is 1. The summed E-state index contributed by atoms with van der Waals surface area (Å²) in [5.74, 6) is 0.351. The molecule has 3 rings (SSSR count). The maximum Gasteiger partial charge on any atom is 0.332 e. The van der Waals surface area contributed by atoms with Crippen LogP contribution in [0.15, 0.2) is 38.6 Å². The van der Waals surface area contributed by atoms with Crippen LogP contribution in [0.2, 0.25) is 0 Å². The van der Waals surface area contributed by atoms with Crippen molar-refractivity contribution in [1.29, 1.82) is 0 Å². The molecule has 2 aromatic heterocycles. The number of nitro benzene ring substituents is 1. The van der Waals surface area contributed by atoms with Crippen LogP contribution < -0.4 is 16.0 Å². The molecular weight excluding hydrogens is 410 g/mol. The molecule has 3 aromatic rings. The number of ether oxygens (including phenoxy) is 1. The molecule has 2 heterocycles. The van der Waals surface area contributed by atoms with Crippen molar-refractivity contribution < 1.29 is 9.66 Å². The number of rotatable bonds is 5. The molecule has 0 aliphatic rings. The number of hydrogen-bond donors (Lipinski definition) is 0. The molecule has 0 saturated carbocycles. The van der Waals surface area contributed by atoms with Gasteiger partial charge in [0.15, 0.2) is 15.9 Å². The minimum atomic E-state index is -0.502. The van der Waals surface area contributed by atoms with Gasteiger partial charge in [-0.15, -0.1) is 0 Å². The van der Waals surface area contributed by atoms with E-state index in [-0.39, 0.29) is 24.4 Å². The molecule has 10 nitrogen and oxygen atoms in total. The van der Waals surface area contributed by atoms with Crippen LogP contribution >= 0.6 is 15.9 Å². The first-order valence-corrected chi connectivity index (χ1v) is 8.29. The average Bonchev–Trinajstić information content (AvgIpc) is 2.95. The molecule has 0 fully saturated rings. The van der Waals surface area contributed by atoms with E-state index in [4.69, 9.17) is 4.74 Å². The van der Waals surface area contributed by atoms with Crippen molar-refractivity contribution in [2.24, 2.45) is 14.1 Å². The number of non-ortho nitro benzene ring substituents is 1. The average molecular weight is 424 g/mol. The maximum atomic E-state index is 12.2. The van der Waals surface area contributed by atoms with E-state index in [1.165, 1.54) is 29.8 Å². The summed E-state index contributed by atoms with van der Waals surface area (Å²) in [6.45, 7) is 0.439. The van der Waals surface area contributed by atoms with E-state index >= 15 is 0 Å². The second kappa shape index (κ2) is 6.75. The first kappa shape index (κ1) is 17.9. The molecule has 1 aromatic carbocycles. The molecule has 0 spiro atoms. The van der Waals surface area contributed by atoms with E-state index in [1.807, 2.05) is 0 Å². The minimum Gasteiger partial charge on any atom is -0.491 e. The number of aromatic nitrogens is 4. The number of nitrogens with zero attached hydrogens (tertiary/aromatic N) is 5. The van der Waals surface area contributed by atoms with E-state index < -0.39 is 16.2 Å². The third-order valence-electron chi connectivity index (χ3n) is 3.91. The summed E-state index contributed by atoms with van der Waals surface area (Å²) in [7, 11) is 2.94. The highest BCUT2D eigenvalue weighted by atomic mass is 79.9. The molecule has 11 heteroatoms. The molecule has 0 N–H and O–H groups in total. The van der Waals surface area contributed by atoms with Crippen molar-refractivity contribution in [2.45, 2.75) is 6.54 Å². The summed E-state index contributed by atoms with van der Waals surface area (Å²) in [6, 6.07) is 5.84. The van der Waals surface area contributed by atoms with Gasteiger partial charge in [0.05, 0.1) is 17.5 Å². The molecule has 0 aliphatic carbocycles. The molecule has 0 bridgehead atoms. The Labute approximate surface area is 154 Å². The van der Waals surface area contributed by atoms with Crippen molar-refractivity contribution in [3.8, 4) is 5.75 Å². The van der Waals surface area contributed by atoms with Crippen molar-refractivity contribution in [3.63, 3.8) is 0 Å². The molecule has 0 unspecified atom stereocenters. The predicted octanol–water partition coefficient (Wildman–Crippen LogP) is 1.18. The lowest BCUT2D eigenvalue weighted by Gasteiger charge is -2.10. The standard InChI is InChI=1S/C15H14BrN5O5/c1-18-12-11(13(22)19(2)15(18)23)17-14(16)20(12)6-7-26-10-5-3-4-9(8-10)21(24)25/h3-5,8H,6-7H2,1-2H3. The Morgan fingerprint density at radius 3 is 2.69 bits per heavy atom. The second-order valence-electron chi connectivity index (χ2n) is 5.51. The van der Waals surface area contributed by atoms with Gasteiger partial charge in [0.25, 0.3) is 11.2 Å². The van der Waals surface area contributed by atoms with Crippen molar-refractivity contribution in [3.05, 3.63) is 60.0 Å². The Balaban J connectivity index is 1.89. The molecule has 0 amide bonds. The second-order valence-corrected chi connectivity index (χ2v) is 6.22. The van der Waals surface area contributed by atoms with Gasteiger partial charge in [0.1, 0.15) is 12.4 Å². The van der Waals surface area contributed by atoms with E-state index in [9.17, 15) is 19.7 Å². The van der Waals surface area contributed by atoms with Gasteiger partial charge >= 0.3 is 5.69 Å². The molecule has 0 atom stereocenters. The number of nitro groups is 1. The van der Waals surface area contributed by atoms with Crippen molar-refractivity contribution in [2.75, 3.05) is 6.61 Å². The van der Waals surface area contributed by atoms with E-state index in [2.05, 4.69) is 20.9 Å². The van der Waals surface area contributed by atoms with Crippen molar-refractivity contribution in [1.82, 2.24) is 18.7 Å². The zero-order valence-electron chi connectivity index (χ0n) is 13.9. The van der Waals surface area contributed by atoms with Crippen LogP contribution in [0.25, 0.3) is 11.2 Å². The normalized spacial score (nSPS) is 11.0. The number of imidazole rings is 1. The first-order chi connectivity index (χ1) is 12.3. The summed E-state index contributed by atoms with van der Waals surface area (Å²) in [6.07, 6.45) is 0. The summed E-state index contributed by atoms with van der Waals surface area (Å²) in [5.41, 5.74) is -0.481. The van der Waals surface area contributed by atoms with Crippen LogP contribution in [0, 0.1) is 10.1 Å². The number of halogens is 1. The molecule has 0 aliphatic heterocycles. The van der Waals surface area contributed by atoms with Gasteiger partial charge in [-0.25, -0.2) is 9.78 Å². The molecule has 26 heavy (non-hydrogen) atoms. The van der Waals surface area contributed by atoms with Crippen LogP contribution in [-0.4, -0.2) is 30.2 Å². The van der Waals surface area contributed by atoms with Gasteiger partial charge in [-0.05, 0) is 22.0 Å². The fraction of sp³-hybridized carbons (Fsp3) is 0.267. The summed E-state index contributed by atoms with van der Waals surface area (Å²) in [5, 5.41) is 10.8. The largest absolute Gasteiger partial charge is 0.491 e.